The molecule has 0 spiro atoms. The summed E-state index contributed by atoms with van der Waals surface area (Å²) in [4.78, 5) is 32.5. The molecule has 0 radical (unpaired) electrons. The Bertz CT molecular complexity index is 1100. The fourth-order valence-corrected chi connectivity index (χ4v) is 5.47. The zero-order valence-corrected chi connectivity index (χ0v) is 23.0. The van der Waals surface area contributed by atoms with Crippen LogP contribution in [0.1, 0.15) is 68.8 Å². The maximum atomic E-state index is 12.9. The van der Waals surface area contributed by atoms with Crippen molar-refractivity contribution < 1.29 is 23.6 Å². The van der Waals surface area contributed by atoms with Crippen LogP contribution in [0.5, 0.6) is 11.5 Å². The minimum atomic E-state index is 0.00516. The van der Waals surface area contributed by atoms with Crippen LogP contribution in [0, 0.1) is 5.92 Å². The van der Waals surface area contributed by atoms with Crippen LogP contribution in [-0.4, -0.2) is 66.2 Å². The van der Waals surface area contributed by atoms with Crippen molar-refractivity contribution in [2.24, 2.45) is 5.92 Å². The quantitative estimate of drug-likeness (QED) is 0.589. The first-order valence-electron chi connectivity index (χ1n) is 13.7. The van der Waals surface area contributed by atoms with E-state index in [1.807, 2.05) is 6.07 Å². The fourth-order valence-electron chi connectivity index (χ4n) is 5.47. The number of hydrogen-bond donors (Lipinski definition) is 2. The number of hydrogen-bond acceptors (Lipinski definition) is 8. The Morgan fingerprint density at radius 2 is 1.87 bits per heavy atom. The third-order valence-corrected chi connectivity index (χ3v) is 7.35. The van der Waals surface area contributed by atoms with Gasteiger partial charge in [-0.3, -0.25) is 14.5 Å². The maximum Gasteiger partial charge on any atom is 0.226 e. The summed E-state index contributed by atoms with van der Waals surface area (Å²) in [6.45, 7) is 5.81. The van der Waals surface area contributed by atoms with Gasteiger partial charge in [0, 0.05) is 44.4 Å². The van der Waals surface area contributed by atoms with Crippen molar-refractivity contribution in [3.63, 3.8) is 0 Å². The van der Waals surface area contributed by atoms with Gasteiger partial charge >= 0.3 is 0 Å². The number of nitrogens with zero attached hydrogens (tertiary/aromatic N) is 3. The lowest BCUT2D eigenvalue weighted by molar-refractivity contribution is -0.123. The van der Waals surface area contributed by atoms with Crippen molar-refractivity contribution >= 4 is 11.8 Å². The molecule has 3 heterocycles. The molecule has 1 fully saturated rings. The lowest BCUT2D eigenvalue weighted by atomic mass is 10.0. The van der Waals surface area contributed by atoms with Crippen molar-refractivity contribution in [3.05, 3.63) is 35.0 Å². The summed E-state index contributed by atoms with van der Waals surface area (Å²) in [7, 11) is 3.25. The molecule has 2 aromatic rings. The minimum absolute atomic E-state index is 0.00516. The smallest absolute Gasteiger partial charge is 0.226 e. The van der Waals surface area contributed by atoms with E-state index in [0.29, 0.717) is 68.0 Å². The SMILES string of the molecule is COc1cc2cc(c1OC)CCCNC(=O)C[C@@H]1CC[C@H](CNC(=O)CC2)N1Cc1noc(CC(C)C)n1. The lowest BCUT2D eigenvalue weighted by Gasteiger charge is -2.29. The Morgan fingerprint density at radius 1 is 1.05 bits per heavy atom. The van der Waals surface area contributed by atoms with Crippen LogP contribution in [0.3, 0.4) is 0 Å². The normalized spacial score (nSPS) is 21.6. The highest BCUT2D eigenvalue weighted by molar-refractivity contribution is 5.77. The molecule has 2 aliphatic rings. The Hall–Kier alpha value is -3.14. The number of fused-ring (bicyclic) bond motifs is 4. The zero-order valence-electron chi connectivity index (χ0n) is 23.0. The molecule has 38 heavy (non-hydrogen) atoms. The first kappa shape index (κ1) is 27.9. The van der Waals surface area contributed by atoms with Crippen LogP contribution in [0.25, 0.3) is 0 Å². The monoisotopic (exact) mass is 527 g/mol. The van der Waals surface area contributed by atoms with E-state index in [4.69, 9.17) is 14.0 Å². The Morgan fingerprint density at radius 3 is 2.63 bits per heavy atom. The number of aromatic nitrogens is 2. The molecular formula is C28H41N5O5. The van der Waals surface area contributed by atoms with E-state index >= 15 is 0 Å². The molecule has 4 rings (SSSR count). The molecule has 2 N–H and O–H groups in total. The highest BCUT2D eigenvalue weighted by atomic mass is 16.5. The van der Waals surface area contributed by atoms with Crippen molar-refractivity contribution in [3.8, 4) is 11.5 Å². The summed E-state index contributed by atoms with van der Waals surface area (Å²) in [6, 6.07) is 4.18. The number of nitrogens with one attached hydrogen (secondary N) is 2. The van der Waals surface area contributed by atoms with E-state index in [-0.39, 0.29) is 23.9 Å². The molecule has 1 aromatic heterocycles. The average Bonchev–Trinajstić information content (AvgIpc) is 3.49. The second-order valence-electron chi connectivity index (χ2n) is 10.7. The number of rotatable bonds is 6. The van der Waals surface area contributed by atoms with E-state index in [1.54, 1.807) is 14.2 Å². The third-order valence-electron chi connectivity index (χ3n) is 7.35. The molecule has 0 aliphatic carbocycles. The molecule has 0 saturated carbocycles. The van der Waals surface area contributed by atoms with Gasteiger partial charge in [0.25, 0.3) is 0 Å². The molecule has 4 bridgehead atoms. The zero-order chi connectivity index (χ0) is 27.1. The summed E-state index contributed by atoms with van der Waals surface area (Å²) < 4.78 is 16.6. The number of amides is 2. The Balaban J connectivity index is 1.49. The molecule has 10 heteroatoms. The summed E-state index contributed by atoms with van der Waals surface area (Å²) in [6.07, 6.45) is 5.40. The van der Waals surface area contributed by atoms with Gasteiger partial charge in [-0.25, -0.2) is 0 Å². The molecular weight excluding hydrogens is 486 g/mol. The highest BCUT2D eigenvalue weighted by Crippen LogP contribution is 2.34. The largest absolute Gasteiger partial charge is 0.493 e. The molecule has 208 valence electrons. The van der Waals surface area contributed by atoms with Gasteiger partial charge < -0.3 is 24.6 Å². The number of methoxy groups -OCH3 is 2. The summed E-state index contributed by atoms with van der Waals surface area (Å²) in [5.74, 6) is 3.08. The van der Waals surface area contributed by atoms with Crippen LogP contribution >= 0.6 is 0 Å². The fraction of sp³-hybridized carbons (Fsp3) is 0.643. The number of aryl methyl sites for hydroxylation is 2. The summed E-state index contributed by atoms with van der Waals surface area (Å²) >= 11 is 0. The minimum Gasteiger partial charge on any atom is -0.493 e. The van der Waals surface area contributed by atoms with Gasteiger partial charge in [-0.1, -0.05) is 25.1 Å². The van der Waals surface area contributed by atoms with Gasteiger partial charge in [0.2, 0.25) is 17.7 Å². The van der Waals surface area contributed by atoms with E-state index in [2.05, 4.69) is 45.6 Å². The average molecular weight is 528 g/mol. The maximum absolute atomic E-state index is 12.9. The van der Waals surface area contributed by atoms with Crippen LogP contribution in [0.15, 0.2) is 16.7 Å². The van der Waals surface area contributed by atoms with E-state index < -0.39 is 0 Å². The van der Waals surface area contributed by atoms with Gasteiger partial charge in [-0.15, -0.1) is 0 Å². The van der Waals surface area contributed by atoms with Crippen molar-refractivity contribution in [2.75, 3.05) is 27.3 Å². The van der Waals surface area contributed by atoms with Crippen molar-refractivity contribution in [2.45, 2.75) is 83.8 Å². The number of carbonyl (C=O) groups is 2. The molecule has 2 aliphatic heterocycles. The van der Waals surface area contributed by atoms with Gasteiger partial charge in [0.05, 0.1) is 20.8 Å². The topological polar surface area (TPSA) is 119 Å². The second kappa shape index (κ2) is 13.1. The number of ether oxygens (including phenoxy) is 2. The molecule has 2 atom stereocenters. The Kier molecular flexibility index (Phi) is 9.60. The van der Waals surface area contributed by atoms with Gasteiger partial charge in [-0.05, 0) is 55.2 Å². The Labute approximate surface area is 224 Å². The first-order valence-corrected chi connectivity index (χ1v) is 13.7. The lowest BCUT2D eigenvalue weighted by Crippen LogP contribution is -2.44. The van der Waals surface area contributed by atoms with E-state index in [1.165, 1.54) is 0 Å². The van der Waals surface area contributed by atoms with E-state index in [0.717, 1.165) is 43.2 Å². The molecule has 1 aromatic carbocycles. The third kappa shape index (κ3) is 7.24. The predicted molar refractivity (Wildman–Crippen MR) is 142 cm³/mol. The standard InChI is InChI=1S/C28H41N5O5/c1-18(2)12-27-31-24(32-38-27)17-33-21-8-9-22(33)16-30-25(34)10-7-19-13-20(6-5-11-29-26(35)15-21)28(37-4)23(14-19)36-3/h13-14,18,21-22H,5-12,15-17H2,1-4H3,(H,29,35)(H,30,34)/t21-,22+/m0/s1. The molecule has 2 amide bonds. The molecule has 1 saturated heterocycles. The van der Waals surface area contributed by atoms with Crippen molar-refractivity contribution in [1.82, 2.24) is 25.7 Å². The number of benzene rings is 1. The van der Waals surface area contributed by atoms with Crippen LogP contribution < -0.4 is 20.1 Å². The summed E-state index contributed by atoms with van der Waals surface area (Å²) in [5.41, 5.74) is 2.04. The van der Waals surface area contributed by atoms with Crippen LogP contribution in [-0.2, 0) is 35.4 Å². The van der Waals surface area contributed by atoms with E-state index in [9.17, 15) is 9.59 Å². The van der Waals surface area contributed by atoms with Crippen LogP contribution in [0.2, 0.25) is 0 Å². The second-order valence-corrected chi connectivity index (χ2v) is 10.7. The number of carbonyl (C=O) groups excluding carboxylic acids is 2. The molecule has 10 nitrogen and oxygen atoms in total. The van der Waals surface area contributed by atoms with Crippen LogP contribution in [0.4, 0.5) is 0 Å². The summed E-state index contributed by atoms with van der Waals surface area (Å²) in [5, 5.41) is 10.4. The van der Waals surface area contributed by atoms with Gasteiger partial charge in [0.1, 0.15) is 0 Å². The predicted octanol–water partition coefficient (Wildman–Crippen LogP) is 2.82. The van der Waals surface area contributed by atoms with Gasteiger partial charge in [-0.2, -0.15) is 4.98 Å². The first-order chi connectivity index (χ1) is 18.4. The van der Waals surface area contributed by atoms with Crippen molar-refractivity contribution in [1.29, 1.82) is 0 Å². The van der Waals surface area contributed by atoms with Gasteiger partial charge in [0.15, 0.2) is 17.3 Å². The highest BCUT2D eigenvalue weighted by Gasteiger charge is 2.35. The molecule has 0 unspecified atom stereocenters.